The lowest BCUT2D eigenvalue weighted by Crippen LogP contribution is -2.29. The number of sulfonamides is 1. The summed E-state index contributed by atoms with van der Waals surface area (Å²) < 4.78 is 28.4. The van der Waals surface area contributed by atoms with Crippen LogP contribution in [0.4, 0.5) is 0 Å². The zero-order valence-electron chi connectivity index (χ0n) is 15.5. The van der Waals surface area contributed by atoms with Crippen LogP contribution in [0.5, 0.6) is 0 Å². The van der Waals surface area contributed by atoms with Gasteiger partial charge >= 0.3 is 5.97 Å². The molecule has 0 aromatic heterocycles. The normalized spacial score (nSPS) is 15.3. The molecule has 1 saturated carbocycles. The van der Waals surface area contributed by atoms with E-state index < -0.39 is 16.0 Å². The van der Waals surface area contributed by atoms with Crippen LogP contribution in [0.1, 0.15) is 49.3 Å². The van der Waals surface area contributed by atoms with Gasteiger partial charge in [-0.15, -0.1) is 0 Å². The van der Waals surface area contributed by atoms with Crippen LogP contribution in [-0.4, -0.2) is 19.5 Å². The van der Waals surface area contributed by atoms with Gasteiger partial charge in [-0.3, -0.25) is 4.79 Å². The molecular formula is C21H24ClNO4S. The molecule has 0 spiro atoms. The summed E-state index contributed by atoms with van der Waals surface area (Å²) in [4.78, 5) is 10.8. The van der Waals surface area contributed by atoms with E-state index in [0.29, 0.717) is 23.8 Å². The highest BCUT2D eigenvalue weighted by atomic mass is 35.5. The number of rotatable bonds is 10. The molecule has 1 aliphatic rings. The molecule has 3 rings (SSSR count). The van der Waals surface area contributed by atoms with Crippen molar-refractivity contribution in [3.05, 3.63) is 64.7 Å². The van der Waals surface area contributed by atoms with Gasteiger partial charge in [-0.2, -0.15) is 0 Å². The number of hydrogen-bond acceptors (Lipinski definition) is 3. The topological polar surface area (TPSA) is 83.5 Å². The second-order valence-corrected chi connectivity index (χ2v) is 9.45. The summed E-state index contributed by atoms with van der Waals surface area (Å²) in [7, 11) is -3.65. The molecule has 0 saturated heterocycles. The first-order valence-electron chi connectivity index (χ1n) is 9.42. The molecule has 0 bridgehead atoms. The maximum Gasteiger partial charge on any atom is 0.303 e. The molecule has 2 aromatic rings. The van der Waals surface area contributed by atoms with Crippen molar-refractivity contribution in [3.63, 3.8) is 0 Å². The third-order valence-electron chi connectivity index (χ3n) is 4.93. The molecule has 1 unspecified atom stereocenters. The standard InChI is InChI=1S/C21H24ClNO4S/c22-18-10-12-19(13-11-18)28(26,27)23-20(14-16-4-5-16)17-8-6-15(7-9-17)2-1-3-21(24)25/h6-13,16,20,23H,1-5,14H2,(H,24,25). The zero-order chi connectivity index (χ0) is 20.1. The Hall–Kier alpha value is -1.89. The third-order valence-corrected chi connectivity index (χ3v) is 6.67. The minimum atomic E-state index is -3.65. The monoisotopic (exact) mass is 421 g/mol. The number of aliphatic carboxylic acids is 1. The van der Waals surface area contributed by atoms with E-state index in [0.717, 1.165) is 30.4 Å². The highest BCUT2D eigenvalue weighted by molar-refractivity contribution is 7.89. The first kappa shape index (κ1) is 20.8. The fourth-order valence-electron chi connectivity index (χ4n) is 3.17. The highest BCUT2D eigenvalue weighted by Gasteiger charge is 2.29. The zero-order valence-corrected chi connectivity index (χ0v) is 17.0. The fraction of sp³-hybridized carbons (Fsp3) is 0.381. The molecule has 1 atom stereocenters. The van der Waals surface area contributed by atoms with Gasteiger partial charge in [0, 0.05) is 17.5 Å². The molecule has 1 fully saturated rings. The molecular weight excluding hydrogens is 398 g/mol. The highest BCUT2D eigenvalue weighted by Crippen LogP contribution is 2.38. The van der Waals surface area contributed by atoms with Gasteiger partial charge in [-0.05, 0) is 60.6 Å². The summed E-state index contributed by atoms with van der Waals surface area (Å²) in [5, 5.41) is 9.24. The average Bonchev–Trinajstić information content (AvgIpc) is 3.46. The van der Waals surface area contributed by atoms with Crippen molar-refractivity contribution in [2.45, 2.75) is 49.5 Å². The van der Waals surface area contributed by atoms with Crippen LogP contribution in [0, 0.1) is 5.92 Å². The Morgan fingerprint density at radius 1 is 1.11 bits per heavy atom. The largest absolute Gasteiger partial charge is 0.481 e. The summed E-state index contributed by atoms with van der Waals surface area (Å²) >= 11 is 5.86. The number of halogens is 1. The van der Waals surface area contributed by atoms with Gasteiger partial charge < -0.3 is 5.11 Å². The van der Waals surface area contributed by atoms with Crippen LogP contribution in [0.2, 0.25) is 5.02 Å². The van der Waals surface area contributed by atoms with Crippen molar-refractivity contribution in [3.8, 4) is 0 Å². The van der Waals surface area contributed by atoms with Gasteiger partial charge in [-0.1, -0.05) is 48.7 Å². The van der Waals surface area contributed by atoms with Crippen molar-refractivity contribution in [1.29, 1.82) is 0 Å². The van der Waals surface area contributed by atoms with Crippen molar-refractivity contribution >= 4 is 27.6 Å². The van der Waals surface area contributed by atoms with Crippen LogP contribution in [-0.2, 0) is 21.2 Å². The Kier molecular flexibility index (Phi) is 6.75. The van der Waals surface area contributed by atoms with Crippen molar-refractivity contribution in [2.75, 3.05) is 0 Å². The van der Waals surface area contributed by atoms with E-state index in [1.807, 2.05) is 24.3 Å². The van der Waals surface area contributed by atoms with Gasteiger partial charge in [0.25, 0.3) is 0 Å². The number of carboxylic acids is 1. The maximum absolute atomic E-state index is 12.8. The van der Waals surface area contributed by atoms with Crippen LogP contribution < -0.4 is 4.72 Å². The first-order valence-corrected chi connectivity index (χ1v) is 11.3. The number of benzene rings is 2. The van der Waals surface area contributed by atoms with Gasteiger partial charge in [0.05, 0.1) is 4.90 Å². The van der Waals surface area contributed by atoms with Crippen LogP contribution in [0.15, 0.2) is 53.4 Å². The van der Waals surface area contributed by atoms with E-state index >= 15 is 0 Å². The predicted molar refractivity (Wildman–Crippen MR) is 109 cm³/mol. The number of nitrogens with one attached hydrogen (secondary N) is 1. The second kappa shape index (κ2) is 9.07. The van der Waals surface area contributed by atoms with Crippen molar-refractivity contribution in [1.82, 2.24) is 4.72 Å². The molecule has 150 valence electrons. The molecule has 7 heteroatoms. The van der Waals surface area contributed by atoms with E-state index in [9.17, 15) is 13.2 Å². The molecule has 0 radical (unpaired) electrons. The van der Waals surface area contributed by atoms with E-state index in [-0.39, 0.29) is 17.4 Å². The van der Waals surface area contributed by atoms with E-state index in [4.69, 9.17) is 16.7 Å². The smallest absolute Gasteiger partial charge is 0.303 e. The molecule has 0 aliphatic heterocycles. The summed E-state index contributed by atoms with van der Waals surface area (Å²) in [6, 6.07) is 13.6. The SMILES string of the molecule is O=C(O)CCCc1ccc(C(CC2CC2)NS(=O)(=O)c2ccc(Cl)cc2)cc1. The number of hydrogen-bond donors (Lipinski definition) is 2. The Balaban J connectivity index is 1.72. The van der Waals surface area contributed by atoms with Crippen LogP contribution in [0.3, 0.4) is 0 Å². The lowest BCUT2D eigenvalue weighted by atomic mass is 9.99. The second-order valence-electron chi connectivity index (χ2n) is 7.30. The fourth-order valence-corrected chi connectivity index (χ4v) is 4.53. The molecule has 1 aliphatic carbocycles. The van der Waals surface area contributed by atoms with Gasteiger partial charge in [0.2, 0.25) is 10.0 Å². The molecule has 28 heavy (non-hydrogen) atoms. The number of carboxylic acid groups (broad SMARTS) is 1. The third kappa shape index (κ3) is 6.06. The minimum absolute atomic E-state index is 0.146. The quantitative estimate of drug-likeness (QED) is 0.588. The predicted octanol–water partition coefficient (Wildman–Crippen LogP) is 4.57. The average molecular weight is 422 g/mol. The van der Waals surface area contributed by atoms with E-state index in [2.05, 4.69) is 4.72 Å². The van der Waals surface area contributed by atoms with E-state index in [1.54, 1.807) is 12.1 Å². The summed E-state index contributed by atoms with van der Waals surface area (Å²) in [6.07, 6.45) is 4.46. The first-order chi connectivity index (χ1) is 13.3. The minimum Gasteiger partial charge on any atom is -0.481 e. The Labute approximate surface area is 170 Å². The molecule has 5 nitrogen and oxygen atoms in total. The van der Waals surface area contributed by atoms with Gasteiger partial charge in [0.15, 0.2) is 0 Å². The number of aryl methyl sites for hydroxylation is 1. The lowest BCUT2D eigenvalue weighted by molar-refractivity contribution is -0.137. The van der Waals surface area contributed by atoms with Gasteiger partial charge in [-0.25, -0.2) is 13.1 Å². The maximum atomic E-state index is 12.8. The van der Waals surface area contributed by atoms with Crippen LogP contribution in [0.25, 0.3) is 0 Å². The number of carbonyl (C=O) groups is 1. The Morgan fingerprint density at radius 3 is 2.32 bits per heavy atom. The molecule has 0 amide bonds. The lowest BCUT2D eigenvalue weighted by Gasteiger charge is -2.20. The van der Waals surface area contributed by atoms with Gasteiger partial charge in [0.1, 0.15) is 0 Å². The summed E-state index contributed by atoms with van der Waals surface area (Å²) in [5.74, 6) is -0.245. The summed E-state index contributed by atoms with van der Waals surface area (Å²) in [5.41, 5.74) is 1.97. The Morgan fingerprint density at radius 2 is 1.75 bits per heavy atom. The van der Waals surface area contributed by atoms with Crippen molar-refractivity contribution < 1.29 is 18.3 Å². The molecule has 2 aromatic carbocycles. The van der Waals surface area contributed by atoms with Crippen LogP contribution >= 0.6 is 11.6 Å². The molecule has 2 N–H and O–H groups in total. The summed E-state index contributed by atoms with van der Waals surface area (Å²) in [6.45, 7) is 0. The molecule has 0 heterocycles. The van der Waals surface area contributed by atoms with Crippen molar-refractivity contribution in [2.24, 2.45) is 5.92 Å². The van der Waals surface area contributed by atoms with E-state index in [1.165, 1.54) is 12.1 Å². The Bertz CT molecular complexity index is 906.